The summed E-state index contributed by atoms with van der Waals surface area (Å²) >= 11 is 3.23. The highest BCUT2D eigenvalue weighted by molar-refractivity contribution is 8.00. The number of quaternary nitrogens is 1. The van der Waals surface area contributed by atoms with Crippen LogP contribution < -0.4 is 4.90 Å². The number of nitrogens with zero attached hydrogens (tertiary/aromatic N) is 2. The van der Waals surface area contributed by atoms with Crippen LogP contribution in [0.25, 0.3) is 0 Å². The predicted octanol–water partition coefficient (Wildman–Crippen LogP) is 1.47. The molecule has 0 saturated carbocycles. The molecule has 2 heterocycles. The van der Waals surface area contributed by atoms with Gasteiger partial charge in [-0.15, -0.1) is 23.1 Å². The molecule has 0 spiro atoms. The minimum atomic E-state index is 0.0491. The molecule has 27 heavy (non-hydrogen) atoms. The largest absolute Gasteiger partial charge is 0.348 e. The van der Waals surface area contributed by atoms with Crippen molar-refractivity contribution in [1.82, 2.24) is 9.80 Å². The van der Waals surface area contributed by atoms with Gasteiger partial charge in [-0.2, -0.15) is 0 Å². The van der Waals surface area contributed by atoms with E-state index in [2.05, 4.69) is 17.5 Å². The van der Waals surface area contributed by atoms with E-state index in [-0.39, 0.29) is 11.8 Å². The van der Waals surface area contributed by atoms with Gasteiger partial charge in [-0.1, -0.05) is 18.2 Å². The van der Waals surface area contributed by atoms with Crippen molar-refractivity contribution in [3.05, 3.63) is 52.2 Å². The molecular formula is C20H26N3O2S2+. The predicted molar refractivity (Wildman–Crippen MR) is 110 cm³/mol. The summed E-state index contributed by atoms with van der Waals surface area (Å²) in [5, 5.41) is 2.12. The van der Waals surface area contributed by atoms with Gasteiger partial charge in [0.1, 0.15) is 6.54 Å². The second kappa shape index (κ2) is 9.39. The van der Waals surface area contributed by atoms with E-state index in [1.54, 1.807) is 30.3 Å². The number of benzene rings is 1. The molecule has 1 aliphatic rings. The summed E-state index contributed by atoms with van der Waals surface area (Å²) in [4.78, 5) is 32.2. The zero-order valence-corrected chi connectivity index (χ0v) is 17.4. The molecule has 7 heteroatoms. The first kappa shape index (κ1) is 19.9. The average Bonchev–Trinajstić information content (AvgIpc) is 3.19. The number of thiophene rings is 1. The second-order valence-corrected chi connectivity index (χ2v) is 8.92. The maximum absolute atomic E-state index is 13.0. The van der Waals surface area contributed by atoms with Crippen LogP contribution in [0.4, 0.5) is 0 Å². The van der Waals surface area contributed by atoms with Gasteiger partial charge in [0.05, 0.1) is 42.4 Å². The van der Waals surface area contributed by atoms with Gasteiger partial charge in [-0.05, 0) is 23.6 Å². The first-order valence-corrected chi connectivity index (χ1v) is 11.0. The van der Waals surface area contributed by atoms with Crippen molar-refractivity contribution in [2.24, 2.45) is 0 Å². The van der Waals surface area contributed by atoms with Crippen LogP contribution >= 0.6 is 23.1 Å². The van der Waals surface area contributed by atoms with Crippen molar-refractivity contribution in [3.63, 3.8) is 0 Å². The molecule has 0 atom stereocenters. The fourth-order valence-electron chi connectivity index (χ4n) is 3.07. The number of rotatable bonds is 6. The molecule has 1 saturated heterocycles. The van der Waals surface area contributed by atoms with Gasteiger partial charge < -0.3 is 14.7 Å². The summed E-state index contributed by atoms with van der Waals surface area (Å²) in [7, 11) is 3.50. The van der Waals surface area contributed by atoms with Crippen LogP contribution in [-0.4, -0.2) is 67.6 Å². The number of amides is 2. The van der Waals surface area contributed by atoms with Gasteiger partial charge in [0, 0.05) is 19.0 Å². The number of thioether (sulfide) groups is 1. The Labute approximate surface area is 168 Å². The van der Waals surface area contributed by atoms with Crippen LogP contribution in [0.1, 0.15) is 15.2 Å². The maximum atomic E-state index is 13.0. The lowest BCUT2D eigenvalue weighted by molar-refractivity contribution is -0.917. The van der Waals surface area contributed by atoms with Crippen molar-refractivity contribution in [2.75, 3.05) is 46.0 Å². The van der Waals surface area contributed by atoms with Crippen LogP contribution in [0.3, 0.4) is 0 Å². The van der Waals surface area contributed by atoms with E-state index in [1.165, 1.54) is 21.5 Å². The lowest BCUT2D eigenvalue weighted by Gasteiger charge is -2.32. The van der Waals surface area contributed by atoms with Gasteiger partial charge in [0.25, 0.3) is 5.91 Å². The van der Waals surface area contributed by atoms with Crippen molar-refractivity contribution in [3.8, 4) is 0 Å². The Morgan fingerprint density at radius 1 is 1.15 bits per heavy atom. The molecule has 2 aromatic rings. The van der Waals surface area contributed by atoms with Crippen LogP contribution in [-0.2, 0) is 11.3 Å². The Hall–Kier alpha value is -1.83. The van der Waals surface area contributed by atoms with E-state index in [0.29, 0.717) is 11.3 Å². The molecule has 144 valence electrons. The highest BCUT2D eigenvalue weighted by atomic mass is 32.2. The lowest BCUT2D eigenvalue weighted by atomic mass is 10.2. The molecule has 5 nitrogen and oxygen atoms in total. The summed E-state index contributed by atoms with van der Waals surface area (Å²) in [5.74, 6) is 0.467. The van der Waals surface area contributed by atoms with Gasteiger partial charge in [-0.3, -0.25) is 9.59 Å². The summed E-state index contributed by atoms with van der Waals surface area (Å²) in [6.07, 6.45) is 0. The zero-order chi connectivity index (χ0) is 19.2. The van der Waals surface area contributed by atoms with E-state index in [4.69, 9.17) is 0 Å². The van der Waals surface area contributed by atoms with Crippen molar-refractivity contribution >= 4 is 34.9 Å². The van der Waals surface area contributed by atoms with E-state index >= 15 is 0 Å². The number of hydrogen-bond donors (Lipinski definition) is 1. The average molecular weight is 405 g/mol. The third-order valence-electron chi connectivity index (χ3n) is 4.73. The van der Waals surface area contributed by atoms with Gasteiger partial charge >= 0.3 is 0 Å². The highest BCUT2D eigenvalue weighted by Gasteiger charge is 2.26. The van der Waals surface area contributed by atoms with Gasteiger partial charge in [0.2, 0.25) is 5.91 Å². The number of nitrogens with one attached hydrogen (secondary N) is 1. The van der Waals surface area contributed by atoms with Gasteiger partial charge in [0.15, 0.2) is 0 Å². The van der Waals surface area contributed by atoms with Crippen LogP contribution in [0.2, 0.25) is 0 Å². The quantitative estimate of drug-likeness (QED) is 0.742. The molecule has 1 aromatic heterocycles. The fourth-order valence-corrected chi connectivity index (χ4v) is 4.87. The first-order chi connectivity index (χ1) is 13.0. The standard InChI is InChI=1S/C20H25N3O2S2/c1-21(2)19(24)15-27-18-8-4-3-7-17(18)20(25)23-11-9-22(10-12-23)14-16-6-5-13-26-16/h3-8,13H,9-12,14-15H2,1-2H3/p+1. The first-order valence-electron chi connectivity index (χ1n) is 9.12. The molecule has 3 rings (SSSR count). The minimum absolute atomic E-state index is 0.0491. The topological polar surface area (TPSA) is 45.1 Å². The molecule has 2 amide bonds. The smallest absolute Gasteiger partial charge is 0.255 e. The van der Waals surface area contributed by atoms with Crippen LogP contribution in [0, 0.1) is 0 Å². The summed E-state index contributed by atoms with van der Waals surface area (Å²) in [6, 6.07) is 11.9. The van der Waals surface area contributed by atoms with Crippen molar-refractivity contribution < 1.29 is 14.5 Å². The summed E-state index contributed by atoms with van der Waals surface area (Å²) < 4.78 is 0. The highest BCUT2D eigenvalue weighted by Crippen LogP contribution is 2.24. The third kappa shape index (κ3) is 5.34. The van der Waals surface area contributed by atoms with Crippen LogP contribution in [0.5, 0.6) is 0 Å². The molecule has 0 radical (unpaired) electrons. The number of carbonyl (C=O) groups excluding carboxylic acids is 2. The maximum Gasteiger partial charge on any atom is 0.255 e. The molecular weight excluding hydrogens is 378 g/mol. The van der Waals surface area contributed by atoms with E-state index < -0.39 is 0 Å². The normalized spacial score (nSPS) is 15.0. The fraction of sp³-hybridized carbons (Fsp3) is 0.400. The van der Waals surface area contributed by atoms with E-state index in [9.17, 15) is 9.59 Å². The molecule has 0 bridgehead atoms. The SMILES string of the molecule is CN(C)C(=O)CSc1ccccc1C(=O)N1CC[NH+](Cc2cccs2)CC1. The number of hydrogen-bond acceptors (Lipinski definition) is 4. The molecule has 1 N–H and O–H groups in total. The molecule has 1 aromatic carbocycles. The Morgan fingerprint density at radius 2 is 1.89 bits per heavy atom. The zero-order valence-electron chi connectivity index (χ0n) is 15.8. The van der Waals surface area contributed by atoms with Crippen molar-refractivity contribution in [1.29, 1.82) is 0 Å². The molecule has 1 fully saturated rings. The summed E-state index contributed by atoms with van der Waals surface area (Å²) in [5.41, 5.74) is 0.704. The van der Waals surface area contributed by atoms with Crippen LogP contribution in [0.15, 0.2) is 46.7 Å². The monoisotopic (exact) mass is 404 g/mol. The molecule has 0 aliphatic carbocycles. The van der Waals surface area contributed by atoms with Crippen molar-refractivity contribution in [2.45, 2.75) is 11.4 Å². The molecule has 1 aliphatic heterocycles. The van der Waals surface area contributed by atoms with Gasteiger partial charge in [-0.25, -0.2) is 0 Å². The molecule has 0 unspecified atom stereocenters. The Morgan fingerprint density at radius 3 is 2.56 bits per heavy atom. The minimum Gasteiger partial charge on any atom is -0.348 e. The Bertz CT molecular complexity index is 769. The Balaban J connectivity index is 1.59. The lowest BCUT2D eigenvalue weighted by Crippen LogP contribution is -3.13. The number of carbonyl (C=O) groups is 2. The van der Waals surface area contributed by atoms with E-state index in [0.717, 1.165) is 37.6 Å². The second-order valence-electron chi connectivity index (χ2n) is 6.87. The Kier molecular flexibility index (Phi) is 6.93. The number of piperazine rings is 1. The van der Waals surface area contributed by atoms with E-state index in [1.807, 2.05) is 29.2 Å². The third-order valence-corrected chi connectivity index (χ3v) is 6.66. The summed E-state index contributed by atoms with van der Waals surface area (Å²) in [6.45, 7) is 4.53.